The van der Waals surface area contributed by atoms with Crippen LogP contribution in [0, 0.1) is 5.92 Å². The van der Waals surface area contributed by atoms with Gasteiger partial charge in [0.15, 0.2) is 0 Å². The van der Waals surface area contributed by atoms with Crippen molar-refractivity contribution in [2.45, 2.75) is 64.2 Å². The van der Waals surface area contributed by atoms with E-state index in [2.05, 4.69) is 18.8 Å². The second-order valence-corrected chi connectivity index (χ2v) is 10.0. The summed E-state index contributed by atoms with van der Waals surface area (Å²) in [6.07, 6.45) is 6.61. The van der Waals surface area contributed by atoms with Crippen molar-refractivity contribution in [2.24, 2.45) is 5.92 Å². The maximum atomic E-state index is 12.6. The predicted octanol–water partition coefficient (Wildman–Crippen LogP) is 3.74. The number of amides is 1. The van der Waals surface area contributed by atoms with Gasteiger partial charge in [-0.25, -0.2) is 4.98 Å². The number of aromatic amines is 1. The number of nitrogens with zero attached hydrogens (tertiary/aromatic N) is 2. The fourth-order valence-electron chi connectivity index (χ4n) is 4.25. The molecule has 0 aromatic carbocycles. The molecule has 4 rings (SSSR count). The molecule has 0 radical (unpaired) electrons. The zero-order valence-electron chi connectivity index (χ0n) is 16.0. The average Bonchev–Trinajstić information content (AvgIpc) is 2.99. The number of carbonyl (C=O) groups is 1. The van der Waals surface area contributed by atoms with Crippen molar-refractivity contribution in [3.8, 4) is 0 Å². The van der Waals surface area contributed by atoms with Gasteiger partial charge in [-0.1, -0.05) is 6.92 Å². The third kappa shape index (κ3) is 3.94. The second-order valence-electron chi connectivity index (χ2n) is 7.97. The Hall–Kier alpha value is -1.34. The number of likely N-dealkylation sites (tertiary alicyclic amines) is 1. The molecule has 0 saturated carbocycles. The molecule has 5 nitrogen and oxygen atoms in total. The highest BCUT2D eigenvalue weighted by Gasteiger charge is 2.24. The molecule has 2 aliphatic rings. The van der Waals surface area contributed by atoms with E-state index in [1.165, 1.54) is 16.9 Å². The number of thiophene rings is 1. The van der Waals surface area contributed by atoms with Gasteiger partial charge in [-0.3, -0.25) is 9.59 Å². The van der Waals surface area contributed by atoms with Crippen molar-refractivity contribution in [3.05, 3.63) is 26.6 Å². The van der Waals surface area contributed by atoms with Crippen LogP contribution >= 0.6 is 23.1 Å². The van der Waals surface area contributed by atoms with Gasteiger partial charge in [0.05, 0.1) is 16.9 Å². The fraction of sp³-hybridized carbons (Fsp3) is 0.650. The van der Waals surface area contributed by atoms with Gasteiger partial charge in [0, 0.05) is 17.5 Å². The van der Waals surface area contributed by atoms with Crippen molar-refractivity contribution in [3.63, 3.8) is 0 Å². The van der Waals surface area contributed by atoms with Crippen LogP contribution in [0.2, 0.25) is 0 Å². The molecule has 3 heterocycles. The molecule has 1 N–H and O–H groups in total. The first-order chi connectivity index (χ1) is 13.0. The van der Waals surface area contributed by atoms with Gasteiger partial charge in [0.2, 0.25) is 5.91 Å². The van der Waals surface area contributed by atoms with E-state index in [0.29, 0.717) is 29.3 Å². The van der Waals surface area contributed by atoms with Gasteiger partial charge in [-0.05, 0) is 56.9 Å². The topological polar surface area (TPSA) is 66.1 Å². The number of hydrogen-bond acceptors (Lipinski definition) is 5. The largest absolute Gasteiger partial charge is 0.339 e. The summed E-state index contributed by atoms with van der Waals surface area (Å²) in [4.78, 5) is 36.9. The number of H-pyrrole nitrogens is 1. The molecule has 2 atom stereocenters. The fourth-order valence-corrected chi connectivity index (χ4v) is 6.42. The standard InChI is InChI=1S/C20H27N3O2S2/c1-12-6-7-14-15(9-12)27-20-18(14)19(25)21-16(22-20)10-26-11-17(24)23-8-4-3-5-13(23)2/h12-13H,3-11H2,1-2H3,(H,21,22,25)/t12-,13+/m1/s1. The molecule has 1 amide bonds. The molecular weight excluding hydrogens is 378 g/mol. The lowest BCUT2D eigenvalue weighted by atomic mass is 9.89. The number of hydrogen-bond donors (Lipinski definition) is 1. The van der Waals surface area contributed by atoms with Gasteiger partial charge in [0.25, 0.3) is 5.56 Å². The summed E-state index contributed by atoms with van der Waals surface area (Å²) in [6.45, 7) is 5.28. The summed E-state index contributed by atoms with van der Waals surface area (Å²) < 4.78 is 0. The smallest absolute Gasteiger partial charge is 0.259 e. The van der Waals surface area contributed by atoms with Crippen LogP contribution in [0.15, 0.2) is 4.79 Å². The summed E-state index contributed by atoms with van der Waals surface area (Å²) in [6, 6.07) is 0.348. The molecule has 146 valence electrons. The zero-order chi connectivity index (χ0) is 19.0. The maximum absolute atomic E-state index is 12.6. The van der Waals surface area contributed by atoms with Crippen molar-refractivity contribution in [1.29, 1.82) is 0 Å². The van der Waals surface area contributed by atoms with E-state index in [-0.39, 0.29) is 11.5 Å². The minimum absolute atomic E-state index is 0.0152. The van der Waals surface area contributed by atoms with Crippen molar-refractivity contribution >= 4 is 39.2 Å². The first-order valence-corrected chi connectivity index (χ1v) is 11.9. The Balaban J connectivity index is 1.44. The molecular formula is C20H27N3O2S2. The van der Waals surface area contributed by atoms with E-state index >= 15 is 0 Å². The molecule has 0 bridgehead atoms. The summed E-state index contributed by atoms with van der Waals surface area (Å²) in [5.41, 5.74) is 1.20. The first kappa shape index (κ1) is 19.0. The molecule has 2 aromatic rings. The number of piperidine rings is 1. The Kier molecular flexibility index (Phi) is 5.60. The maximum Gasteiger partial charge on any atom is 0.259 e. The van der Waals surface area contributed by atoms with Crippen LogP contribution in [0.3, 0.4) is 0 Å². The van der Waals surface area contributed by atoms with Gasteiger partial charge in [0.1, 0.15) is 10.7 Å². The van der Waals surface area contributed by atoms with E-state index in [0.717, 1.165) is 48.9 Å². The Bertz CT molecular complexity index is 904. The Labute approximate surface area is 167 Å². The minimum atomic E-state index is -0.0152. The SMILES string of the molecule is C[C@@H]1CCc2c(sc3nc(CSCC(=O)N4CCCC[C@@H]4C)[nH]c(=O)c23)C1. The number of rotatable bonds is 4. The highest BCUT2D eigenvalue weighted by atomic mass is 32.2. The average molecular weight is 406 g/mol. The van der Waals surface area contributed by atoms with E-state index in [4.69, 9.17) is 4.98 Å². The lowest BCUT2D eigenvalue weighted by molar-refractivity contribution is -0.131. The molecule has 0 spiro atoms. The summed E-state index contributed by atoms with van der Waals surface area (Å²) in [5, 5.41) is 0.800. The molecule has 0 unspecified atom stereocenters. The number of fused-ring (bicyclic) bond motifs is 3. The van der Waals surface area contributed by atoms with E-state index in [9.17, 15) is 9.59 Å². The Morgan fingerprint density at radius 1 is 1.33 bits per heavy atom. The Morgan fingerprint density at radius 3 is 3.00 bits per heavy atom. The number of aryl methyl sites for hydroxylation is 1. The molecule has 1 aliphatic heterocycles. The lowest BCUT2D eigenvalue weighted by Gasteiger charge is -2.33. The highest BCUT2D eigenvalue weighted by molar-refractivity contribution is 7.99. The van der Waals surface area contributed by atoms with Crippen molar-refractivity contribution in [1.82, 2.24) is 14.9 Å². The molecule has 7 heteroatoms. The molecule has 1 saturated heterocycles. The number of aromatic nitrogens is 2. The summed E-state index contributed by atoms with van der Waals surface area (Å²) in [7, 11) is 0. The molecule has 1 fully saturated rings. The van der Waals surface area contributed by atoms with Gasteiger partial charge < -0.3 is 9.88 Å². The third-order valence-corrected chi connectivity index (χ3v) is 7.88. The van der Waals surface area contributed by atoms with Crippen LogP contribution in [0.25, 0.3) is 10.2 Å². The van der Waals surface area contributed by atoms with E-state index in [1.807, 2.05) is 4.90 Å². The Morgan fingerprint density at radius 2 is 2.19 bits per heavy atom. The second kappa shape index (κ2) is 7.95. The quantitative estimate of drug-likeness (QED) is 0.841. The van der Waals surface area contributed by atoms with Crippen LogP contribution in [0.1, 0.15) is 55.8 Å². The van der Waals surface area contributed by atoms with Crippen LogP contribution in [0.5, 0.6) is 0 Å². The van der Waals surface area contributed by atoms with E-state index in [1.54, 1.807) is 23.1 Å². The van der Waals surface area contributed by atoms with Crippen molar-refractivity contribution in [2.75, 3.05) is 12.3 Å². The monoisotopic (exact) mass is 405 g/mol. The lowest BCUT2D eigenvalue weighted by Crippen LogP contribution is -2.42. The van der Waals surface area contributed by atoms with Crippen LogP contribution in [-0.4, -0.2) is 39.1 Å². The molecule has 27 heavy (non-hydrogen) atoms. The normalized spacial score (nSPS) is 22.8. The minimum Gasteiger partial charge on any atom is -0.339 e. The molecule has 1 aliphatic carbocycles. The predicted molar refractivity (Wildman–Crippen MR) is 113 cm³/mol. The molecule has 2 aromatic heterocycles. The zero-order valence-corrected chi connectivity index (χ0v) is 17.7. The summed E-state index contributed by atoms with van der Waals surface area (Å²) in [5.74, 6) is 2.59. The number of thioether (sulfide) groups is 1. The van der Waals surface area contributed by atoms with Gasteiger partial charge in [-0.2, -0.15) is 0 Å². The van der Waals surface area contributed by atoms with Crippen molar-refractivity contribution < 1.29 is 4.79 Å². The summed E-state index contributed by atoms with van der Waals surface area (Å²) >= 11 is 3.22. The number of carbonyl (C=O) groups excluding carboxylic acids is 1. The van der Waals surface area contributed by atoms with Crippen LogP contribution in [-0.2, 0) is 23.4 Å². The van der Waals surface area contributed by atoms with Crippen LogP contribution < -0.4 is 5.56 Å². The highest BCUT2D eigenvalue weighted by Crippen LogP contribution is 2.35. The van der Waals surface area contributed by atoms with Gasteiger partial charge in [-0.15, -0.1) is 23.1 Å². The number of nitrogens with one attached hydrogen (secondary N) is 1. The van der Waals surface area contributed by atoms with E-state index < -0.39 is 0 Å². The van der Waals surface area contributed by atoms with Crippen LogP contribution in [0.4, 0.5) is 0 Å². The van der Waals surface area contributed by atoms with Gasteiger partial charge >= 0.3 is 0 Å². The first-order valence-electron chi connectivity index (χ1n) is 9.93. The third-order valence-electron chi connectivity index (χ3n) is 5.80.